The van der Waals surface area contributed by atoms with Crippen molar-refractivity contribution in [2.75, 3.05) is 20.8 Å². The Kier molecular flexibility index (Phi) is 9.01. The van der Waals surface area contributed by atoms with Gasteiger partial charge in [-0.2, -0.15) is 0 Å². The van der Waals surface area contributed by atoms with E-state index >= 15 is 0 Å². The SMILES string of the molecule is COc1cc2c(cc1OC(=O)/C=C/c1ccccc1)C1Cc3c(Cl)cc(OC)c(OC(=O)/C=C/c4ccccc4)c3CN1CC2. The highest BCUT2D eigenvalue weighted by molar-refractivity contribution is 6.31. The predicted octanol–water partition coefficient (Wildman–Crippen LogP) is 7.25. The molecule has 1 atom stereocenters. The molecule has 0 bridgehead atoms. The molecule has 0 N–H and O–H groups in total. The summed E-state index contributed by atoms with van der Waals surface area (Å²) in [5, 5.41) is 0.541. The van der Waals surface area contributed by atoms with E-state index in [1.165, 1.54) is 19.3 Å². The Morgan fingerprint density at radius 1 is 0.778 bits per heavy atom. The first-order valence-electron chi connectivity index (χ1n) is 14.7. The smallest absolute Gasteiger partial charge is 0.336 e. The number of nitrogens with zero attached hydrogens (tertiary/aromatic N) is 1. The Balaban J connectivity index is 1.28. The molecule has 0 saturated carbocycles. The normalized spacial score (nSPS) is 15.7. The molecule has 0 aromatic heterocycles. The van der Waals surface area contributed by atoms with Gasteiger partial charge in [0.25, 0.3) is 0 Å². The standard InChI is InChI=1S/C37H32ClNO6/c1-42-32-19-26-17-18-39-23-29-28(20-31(39)27(26)21-33(32)44-35(40)15-13-24-9-5-3-6-10-24)30(38)22-34(43-2)37(29)45-36(41)16-14-25-11-7-4-8-12-25/h3-16,19,21-22,31H,17-18,20,23H2,1-2H3/b15-13+,16-14+. The molecule has 6 rings (SSSR count). The van der Waals surface area contributed by atoms with Crippen LogP contribution in [0.5, 0.6) is 23.0 Å². The van der Waals surface area contributed by atoms with Crippen molar-refractivity contribution >= 4 is 35.7 Å². The molecule has 7 nitrogen and oxygen atoms in total. The Bertz CT molecular complexity index is 1780. The topological polar surface area (TPSA) is 74.3 Å². The zero-order chi connectivity index (χ0) is 31.3. The third-order valence-electron chi connectivity index (χ3n) is 8.12. The van der Waals surface area contributed by atoms with Crippen molar-refractivity contribution in [3.8, 4) is 23.0 Å². The van der Waals surface area contributed by atoms with Crippen molar-refractivity contribution in [3.63, 3.8) is 0 Å². The number of hydrogen-bond donors (Lipinski definition) is 0. The van der Waals surface area contributed by atoms with E-state index in [2.05, 4.69) is 4.90 Å². The van der Waals surface area contributed by atoms with E-state index in [0.717, 1.165) is 46.3 Å². The summed E-state index contributed by atoms with van der Waals surface area (Å²) in [7, 11) is 3.10. The molecule has 0 aliphatic carbocycles. The first kappa shape index (κ1) is 30.2. The molecule has 8 heteroatoms. The number of hydrogen-bond acceptors (Lipinski definition) is 7. The maximum atomic E-state index is 12.9. The van der Waals surface area contributed by atoms with Gasteiger partial charge in [0.1, 0.15) is 0 Å². The molecule has 0 spiro atoms. The fraction of sp³-hybridized carbons (Fsp3) is 0.189. The quantitative estimate of drug-likeness (QED) is 0.117. The molecule has 0 fully saturated rings. The van der Waals surface area contributed by atoms with Gasteiger partial charge >= 0.3 is 11.9 Å². The Morgan fingerprint density at radius 3 is 2.02 bits per heavy atom. The number of carbonyl (C=O) groups excluding carboxylic acids is 2. The van der Waals surface area contributed by atoms with Crippen LogP contribution in [-0.4, -0.2) is 37.6 Å². The fourth-order valence-corrected chi connectivity index (χ4v) is 6.20. The number of methoxy groups -OCH3 is 2. The summed E-state index contributed by atoms with van der Waals surface area (Å²) in [5.74, 6) is 0.624. The molecule has 2 aliphatic rings. The van der Waals surface area contributed by atoms with Gasteiger partial charge in [-0.1, -0.05) is 72.3 Å². The van der Waals surface area contributed by atoms with E-state index in [1.54, 1.807) is 25.3 Å². The minimum Gasteiger partial charge on any atom is -0.493 e. The average molecular weight is 622 g/mol. The summed E-state index contributed by atoms with van der Waals surface area (Å²) >= 11 is 6.82. The molecular weight excluding hydrogens is 590 g/mol. The van der Waals surface area contributed by atoms with Crippen molar-refractivity contribution < 1.29 is 28.5 Å². The van der Waals surface area contributed by atoms with Crippen molar-refractivity contribution in [3.05, 3.63) is 129 Å². The first-order chi connectivity index (χ1) is 21.9. The summed E-state index contributed by atoms with van der Waals surface area (Å²) in [6.45, 7) is 1.28. The number of fused-ring (bicyclic) bond motifs is 4. The van der Waals surface area contributed by atoms with Gasteiger partial charge in [-0.25, -0.2) is 9.59 Å². The third kappa shape index (κ3) is 6.65. The molecule has 2 heterocycles. The van der Waals surface area contributed by atoms with E-state index in [0.29, 0.717) is 41.0 Å². The van der Waals surface area contributed by atoms with Crippen LogP contribution in [0.4, 0.5) is 0 Å². The van der Waals surface area contributed by atoms with Crippen LogP contribution in [0.1, 0.15) is 39.4 Å². The monoisotopic (exact) mass is 621 g/mol. The van der Waals surface area contributed by atoms with Crippen LogP contribution in [0, 0.1) is 0 Å². The summed E-state index contributed by atoms with van der Waals surface area (Å²) < 4.78 is 22.9. The molecular formula is C37H32ClNO6. The second kappa shape index (κ2) is 13.4. The van der Waals surface area contributed by atoms with Crippen LogP contribution in [-0.2, 0) is 29.0 Å². The number of ether oxygens (including phenoxy) is 4. The predicted molar refractivity (Wildman–Crippen MR) is 174 cm³/mol. The largest absolute Gasteiger partial charge is 0.493 e. The van der Waals surface area contributed by atoms with Gasteiger partial charge in [0.05, 0.1) is 14.2 Å². The number of halogens is 1. The highest BCUT2D eigenvalue weighted by Crippen LogP contribution is 2.48. The summed E-state index contributed by atoms with van der Waals surface area (Å²) in [6.07, 6.45) is 7.58. The highest BCUT2D eigenvalue weighted by atomic mass is 35.5. The van der Waals surface area contributed by atoms with Crippen LogP contribution in [0.25, 0.3) is 12.2 Å². The van der Waals surface area contributed by atoms with Gasteiger partial charge in [0.15, 0.2) is 23.0 Å². The molecule has 1 unspecified atom stereocenters. The highest BCUT2D eigenvalue weighted by Gasteiger charge is 2.37. The van der Waals surface area contributed by atoms with Crippen molar-refractivity contribution in [1.82, 2.24) is 4.90 Å². The van der Waals surface area contributed by atoms with Crippen LogP contribution in [0.3, 0.4) is 0 Å². The van der Waals surface area contributed by atoms with Crippen LogP contribution in [0.15, 0.2) is 91.0 Å². The molecule has 0 radical (unpaired) electrons. The van der Waals surface area contributed by atoms with Crippen LogP contribution >= 0.6 is 11.6 Å². The lowest BCUT2D eigenvalue weighted by molar-refractivity contribution is -0.130. The maximum absolute atomic E-state index is 12.9. The molecule has 2 aliphatic heterocycles. The molecule has 4 aromatic carbocycles. The van der Waals surface area contributed by atoms with Gasteiger partial charge in [-0.05, 0) is 64.9 Å². The van der Waals surface area contributed by atoms with Crippen LogP contribution in [0.2, 0.25) is 5.02 Å². The number of rotatable bonds is 8. The maximum Gasteiger partial charge on any atom is 0.336 e. The van der Waals surface area contributed by atoms with Gasteiger partial charge in [0, 0.05) is 47.9 Å². The summed E-state index contributed by atoms with van der Waals surface area (Å²) in [6, 6.07) is 24.6. The van der Waals surface area contributed by atoms with E-state index in [4.69, 9.17) is 30.5 Å². The molecule has 228 valence electrons. The van der Waals surface area contributed by atoms with Gasteiger partial charge < -0.3 is 18.9 Å². The second-order valence-electron chi connectivity index (χ2n) is 10.8. The van der Waals surface area contributed by atoms with Gasteiger partial charge in [-0.15, -0.1) is 0 Å². The number of carbonyl (C=O) groups is 2. The van der Waals surface area contributed by atoms with Crippen molar-refractivity contribution in [1.29, 1.82) is 0 Å². The fourth-order valence-electron chi connectivity index (χ4n) is 5.91. The van der Waals surface area contributed by atoms with E-state index in [1.807, 2.05) is 72.8 Å². The Morgan fingerprint density at radius 2 is 1.40 bits per heavy atom. The zero-order valence-corrected chi connectivity index (χ0v) is 25.8. The summed E-state index contributed by atoms with van der Waals surface area (Å²) in [5.41, 5.74) is 5.67. The van der Waals surface area contributed by atoms with Crippen LogP contribution < -0.4 is 18.9 Å². The lowest BCUT2D eigenvalue weighted by atomic mass is 9.83. The molecule has 45 heavy (non-hydrogen) atoms. The van der Waals surface area contributed by atoms with Crippen molar-refractivity contribution in [2.45, 2.75) is 25.4 Å². The second-order valence-corrected chi connectivity index (χ2v) is 11.2. The van der Waals surface area contributed by atoms with Crippen molar-refractivity contribution in [2.24, 2.45) is 0 Å². The molecule has 0 amide bonds. The minimum atomic E-state index is -0.507. The lowest BCUT2D eigenvalue weighted by Gasteiger charge is -2.42. The average Bonchev–Trinajstić information content (AvgIpc) is 3.07. The first-order valence-corrected chi connectivity index (χ1v) is 15.0. The zero-order valence-electron chi connectivity index (χ0n) is 25.0. The van der Waals surface area contributed by atoms with E-state index in [-0.39, 0.29) is 6.04 Å². The molecule has 4 aromatic rings. The van der Waals surface area contributed by atoms with Gasteiger partial charge in [-0.3, -0.25) is 4.90 Å². The molecule has 0 saturated heterocycles. The Hall–Kier alpha value is -4.85. The van der Waals surface area contributed by atoms with E-state index in [9.17, 15) is 9.59 Å². The lowest BCUT2D eigenvalue weighted by Crippen LogP contribution is -2.39. The number of benzene rings is 4. The minimum absolute atomic E-state index is 0.0307. The van der Waals surface area contributed by atoms with E-state index < -0.39 is 11.9 Å². The Labute approximate surface area is 267 Å². The summed E-state index contributed by atoms with van der Waals surface area (Å²) in [4.78, 5) is 28.0. The third-order valence-corrected chi connectivity index (χ3v) is 8.45. The van der Waals surface area contributed by atoms with Gasteiger partial charge in [0.2, 0.25) is 0 Å². The number of esters is 2.